The van der Waals surface area contributed by atoms with Crippen LogP contribution < -0.4 is 4.90 Å². The van der Waals surface area contributed by atoms with Crippen LogP contribution in [0.3, 0.4) is 0 Å². The first-order valence-corrected chi connectivity index (χ1v) is 12.0. The van der Waals surface area contributed by atoms with Gasteiger partial charge in [-0.05, 0) is 38.7 Å². The van der Waals surface area contributed by atoms with Gasteiger partial charge in [0.2, 0.25) is 5.91 Å². The number of carbonyl (C=O) groups is 1. The summed E-state index contributed by atoms with van der Waals surface area (Å²) in [5.41, 5.74) is 3.67. The summed E-state index contributed by atoms with van der Waals surface area (Å²) in [6, 6.07) is 10.6. The molecule has 1 fully saturated rings. The second kappa shape index (κ2) is 9.33. The molecule has 1 atom stereocenters. The number of hydrogen-bond acceptors (Lipinski definition) is 5. The summed E-state index contributed by atoms with van der Waals surface area (Å²) in [6.07, 6.45) is 7.30. The number of nitrogens with zero attached hydrogens (tertiary/aromatic N) is 6. The number of fused-ring (bicyclic) bond motifs is 1. The number of rotatable bonds is 6. The van der Waals surface area contributed by atoms with Crippen molar-refractivity contribution in [2.45, 2.75) is 58.5 Å². The Kier molecular flexibility index (Phi) is 6.11. The molecule has 7 nitrogen and oxygen atoms in total. The van der Waals surface area contributed by atoms with Crippen LogP contribution >= 0.6 is 0 Å². The predicted octanol–water partition coefficient (Wildman–Crippen LogP) is 3.65. The number of aryl methyl sites for hydroxylation is 3. The molecule has 4 heterocycles. The number of carbonyl (C=O) groups excluding carboxylic acids is 1. The first kappa shape index (κ1) is 21.6. The van der Waals surface area contributed by atoms with Crippen LogP contribution in [0.15, 0.2) is 42.7 Å². The van der Waals surface area contributed by atoms with Gasteiger partial charge in [-0.25, -0.2) is 15.0 Å². The quantitative estimate of drug-likeness (QED) is 0.581. The first-order chi connectivity index (χ1) is 16.1. The van der Waals surface area contributed by atoms with E-state index in [4.69, 9.17) is 9.97 Å². The molecule has 2 aliphatic heterocycles. The van der Waals surface area contributed by atoms with Crippen molar-refractivity contribution in [1.82, 2.24) is 24.4 Å². The summed E-state index contributed by atoms with van der Waals surface area (Å²) in [6.45, 7) is 8.12. The van der Waals surface area contributed by atoms with Crippen LogP contribution in [0, 0.1) is 13.8 Å². The highest BCUT2D eigenvalue weighted by molar-refractivity contribution is 5.76. The fourth-order valence-electron chi connectivity index (χ4n) is 5.06. The van der Waals surface area contributed by atoms with Gasteiger partial charge in [-0.3, -0.25) is 4.79 Å². The molecule has 2 aliphatic rings. The zero-order valence-electron chi connectivity index (χ0n) is 19.6. The van der Waals surface area contributed by atoms with Crippen LogP contribution in [0.25, 0.3) is 0 Å². The normalized spacial score (nSPS) is 17.9. The predicted molar refractivity (Wildman–Crippen MR) is 128 cm³/mol. The van der Waals surface area contributed by atoms with Crippen LogP contribution in [0.1, 0.15) is 53.7 Å². The third-order valence-corrected chi connectivity index (χ3v) is 6.98. The van der Waals surface area contributed by atoms with Gasteiger partial charge in [0.25, 0.3) is 0 Å². The SMILES string of the molecule is Cc1nc(C2CCN(C(=O)CCn3ccnc3C)C2)nc2c1CCCN2Cc1ccccc1. The van der Waals surface area contributed by atoms with Crippen molar-refractivity contribution in [3.05, 3.63) is 71.2 Å². The number of likely N-dealkylation sites (tertiary alicyclic amines) is 1. The number of imidazole rings is 1. The van der Waals surface area contributed by atoms with Gasteiger partial charge in [0.05, 0.1) is 0 Å². The van der Waals surface area contributed by atoms with Gasteiger partial charge < -0.3 is 14.4 Å². The van der Waals surface area contributed by atoms with Crippen LogP contribution in [0.2, 0.25) is 0 Å². The minimum atomic E-state index is 0.200. The molecule has 5 rings (SSSR count). The molecular weight excluding hydrogens is 412 g/mol. The maximum absolute atomic E-state index is 12.8. The minimum Gasteiger partial charge on any atom is -0.352 e. The molecule has 0 N–H and O–H groups in total. The monoisotopic (exact) mass is 444 g/mol. The fraction of sp³-hybridized carbons (Fsp3) is 0.462. The summed E-state index contributed by atoms with van der Waals surface area (Å²) in [5.74, 6) is 3.33. The summed E-state index contributed by atoms with van der Waals surface area (Å²) in [4.78, 5) is 31.5. The zero-order valence-corrected chi connectivity index (χ0v) is 19.6. The van der Waals surface area contributed by atoms with Crippen LogP contribution in [-0.2, 0) is 24.3 Å². The average Bonchev–Trinajstić information content (AvgIpc) is 3.48. The van der Waals surface area contributed by atoms with E-state index in [0.717, 1.165) is 62.1 Å². The summed E-state index contributed by atoms with van der Waals surface area (Å²) >= 11 is 0. The number of aromatic nitrogens is 4. The van der Waals surface area contributed by atoms with E-state index in [0.29, 0.717) is 19.5 Å². The lowest BCUT2D eigenvalue weighted by atomic mass is 10.0. The molecule has 0 radical (unpaired) electrons. The Labute approximate surface area is 195 Å². The van der Waals surface area contributed by atoms with Crippen LogP contribution in [0.4, 0.5) is 5.82 Å². The van der Waals surface area contributed by atoms with E-state index in [9.17, 15) is 4.79 Å². The van der Waals surface area contributed by atoms with Gasteiger partial charge in [-0.15, -0.1) is 0 Å². The molecule has 2 aromatic heterocycles. The third kappa shape index (κ3) is 4.63. The fourth-order valence-corrected chi connectivity index (χ4v) is 5.06. The highest BCUT2D eigenvalue weighted by Crippen LogP contribution is 2.32. The lowest BCUT2D eigenvalue weighted by Crippen LogP contribution is -2.32. The largest absolute Gasteiger partial charge is 0.352 e. The topological polar surface area (TPSA) is 67.2 Å². The highest BCUT2D eigenvalue weighted by atomic mass is 16.2. The van der Waals surface area contributed by atoms with E-state index in [-0.39, 0.29) is 11.8 Å². The van der Waals surface area contributed by atoms with E-state index in [1.807, 2.05) is 22.6 Å². The molecule has 0 aliphatic carbocycles. The van der Waals surface area contributed by atoms with Gasteiger partial charge in [0.1, 0.15) is 17.5 Å². The molecule has 1 amide bonds. The maximum atomic E-state index is 12.8. The number of amides is 1. The smallest absolute Gasteiger partial charge is 0.224 e. The van der Waals surface area contributed by atoms with Crippen molar-refractivity contribution >= 4 is 11.7 Å². The molecule has 33 heavy (non-hydrogen) atoms. The number of hydrogen-bond donors (Lipinski definition) is 0. The average molecular weight is 445 g/mol. The first-order valence-electron chi connectivity index (χ1n) is 12.0. The Morgan fingerprint density at radius 3 is 2.76 bits per heavy atom. The minimum absolute atomic E-state index is 0.200. The maximum Gasteiger partial charge on any atom is 0.224 e. The van der Waals surface area contributed by atoms with E-state index in [1.165, 1.54) is 11.1 Å². The number of anilines is 1. The Morgan fingerprint density at radius 2 is 1.97 bits per heavy atom. The molecule has 1 unspecified atom stereocenters. The Balaban J connectivity index is 1.29. The number of benzene rings is 1. The highest BCUT2D eigenvalue weighted by Gasteiger charge is 2.31. The van der Waals surface area contributed by atoms with Crippen molar-refractivity contribution in [2.75, 3.05) is 24.5 Å². The van der Waals surface area contributed by atoms with Crippen molar-refractivity contribution in [2.24, 2.45) is 0 Å². The third-order valence-electron chi connectivity index (χ3n) is 6.98. The van der Waals surface area contributed by atoms with Crippen LogP contribution in [0.5, 0.6) is 0 Å². The standard InChI is InChI=1S/C26H32N6O/c1-19-23-9-6-13-32(17-21-7-4-3-5-8-21)26(23)29-25(28-19)22-10-14-31(18-22)24(33)11-15-30-16-12-27-20(30)2/h3-5,7-8,12,16,22H,6,9-11,13-15,17-18H2,1-2H3. The van der Waals surface area contributed by atoms with E-state index < -0.39 is 0 Å². The van der Waals surface area contributed by atoms with Crippen molar-refractivity contribution in [1.29, 1.82) is 0 Å². The van der Waals surface area contributed by atoms with E-state index in [2.05, 4.69) is 47.1 Å². The second-order valence-electron chi connectivity index (χ2n) is 9.22. The van der Waals surface area contributed by atoms with Crippen molar-refractivity contribution < 1.29 is 4.79 Å². The second-order valence-corrected chi connectivity index (χ2v) is 9.22. The van der Waals surface area contributed by atoms with Gasteiger partial charge in [0.15, 0.2) is 0 Å². The van der Waals surface area contributed by atoms with Crippen molar-refractivity contribution in [3.8, 4) is 0 Å². The summed E-state index contributed by atoms with van der Waals surface area (Å²) in [5, 5.41) is 0. The molecule has 172 valence electrons. The zero-order chi connectivity index (χ0) is 22.8. The van der Waals surface area contributed by atoms with Gasteiger partial charge >= 0.3 is 0 Å². The van der Waals surface area contributed by atoms with Gasteiger partial charge in [-0.2, -0.15) is 0 Å². The molecular formula is C26H32N6O. The molecule has 0 bridgehead atoms. The van der Waals surface area contributed by atoms with Gasteiger partial charge in [-0.1, -0.05) is 30.3 Å². The molecule has 0 saturated carbocycles. The molecule has 3 aromatic rings. The summed E-state index contributed by atoms with van der Waals surface area (Å²) in [7, 11) is 0. The van der Waals surface area contributed by atoms with Crippen LogP contribution in [-0.4, -0.2) is 50.0 Å². The molecule has 1 aromatic carbocycles. The molecule has 1 saturated heterocycles. The Morgan fingerprint density at radius 1 is 1.12 bits per heavy atom. The summed E-state index contributed by atoms with van der Waals surface area (Å²) < 4.78 is 2.03. The lowest BCUT2D eigenvalue weighted by Gasteiger charge is -2.31. The van der Waals surface area contributed by atoms with E-state index in [1.54, 1.807) is 6.20 Å². The van der Waals surface area contributed by atoms with E-state index >= 15 is 0 Å². The van der Waals surface area contributed by atoms with Crippen molar-refractivity contribution in [3.63, 3.8) is 0 Å². The molecule has 0 spiro atoms. The molecule has 7 heteroatoms. The Bertz CT molecular complexity index is 1130. The van der Waals surface area contributed by atoms with Gasteiger partial charge in [0, 0.05) is 68.7 Å². The lowest BCUT2D eigenvalue weighted by molar-refractivity contribution is -0.130. The Hall–Kier alpha value is -3.22.